The first-order valence-corrected chi connectivity index (χ1v) is 3.60. The van der Waals surface area contributed by atoms with Crippen molar-refractivity contribution in [3.8, 4) is 11.5 Å². The fourth-order valence-corrected chi connectivity index (χ4v) is 0.889. The minimum Gasteiger partial charge on any atom is -0.507 e. The van der Waals surface area contributed by atoms with Crippen LogP contribution < -0.4 is 4.65 Å². The summed E-state index contributed by atoms with van der Waals surface area (Å²) in [7, 11) is -2.21. The number of phenolic OH excluding ortho intramolecular Hbond substituents is 1. The smallest absolute Gasteiger partial charge is 0.507 e. The molecule has 7 heteroatoms. The van der Waals surface area contributed by atoms with Crippen LogP contribution in [0.1, 0.15) is 0 Å². The number of hydrogen-bond acceptors (Lipinski definition) is 4. The van der Waals surface area contributed by atoms with Crippen molar-refractivity contribution in [3.63, 3.8) is 0 Å². The lowest BCUT2D eigenvalue weighted by Gasteiger charge is -2.08. The highest BCUT2D eigenvalue weighted by Crippen LogP contribution is 2.35. The molecule has 0 bridgehead atoms. The second-order valence-electron chi connectivity index (χ2n) is 2.15. The van der Waals surface area contributed by atoms with Crippen molar-refractivity contribution < 1.29 is 24.2 Å². The van der Waals surface area contributed by atoms with E-state index in [0.717, 1.165) is 12.1 Å². The van der Waals surface area contributed by atoms with Crippen molar-refractivity contribution in [2.24, 2.45) is 0 Å². The predicted octanol–water partition coefficient (Wildman–Crippen LogP) is 0.533. The zero-order valence-electron chi connectivity index (χ0n) is 6.24. The van der Waals surface area contributed by atoms with E-state index in [0.29, 0.717) is 0 Å². The number of phenols is 1. The molecule has 0 amide bonds. The SMILES string of the molecule is OB(O)Oc1c(F)ccc(Cl)c1O. The molecule has 0 radical (unpaired) electrons. The summed E-state index contributed by atoms with van der Waals surface area (Å²) in [6.07, 6.45) is 0. The summed E-state index contributed by atoms with van der Waals surface area (Å²) >= 11 is 5.41. The number of hydrogen-bond donors (Lipinski definition) is 3. The van der Waals surface area contributed by atoms with Crippen molar-refractivity contribution in [1.29, 1.82) is 0 Å². The Morgan fingerprint density at radius 2 is 2.00 bits per heavy atom. The largest absolute Gasteiger partial charge is 0.707 e. The van der Waals surface area contributed by atoms with Crippen LogP contribution in [0.2, 0.25) is 5.02 Å². The maximum Gasteiger partial charge on any atom is 0.707 e. The minimum absolute atomic E-state index is 0.142. The average molecular weight is 206 g/mol. The van der Waals surface area contributed by atoms with Crippen LogP contribution in [-0.2, 0) is 0 Å². The van der Waals surface area contributed by atoms with E-state index in [1.807, 2.05) is 0 Å². The van der Waals surface area contributed by atoms with Gasteiger partial charge in [-0.1, -0.05) is 11.6 Å². The van der Waals surface area contributed by atoms with Crippen LogP contribution >= 0.6 is 11.6 Å². The van der Waals surface area contributed by atoms with Gasteiger partial charge >= 0.3 is 7.32 Å². The zero-order valence-corrected chi connectivity index (χ0v) is 6.99. The second-order valence-corrected chi connectivity index (χ2v) is 2.56. The predicted molar refractivity (Wildman–Crippen MR) is 43.9 cm³/mol. The van der Waals surface area contributed by atoms with Crippen molar-refractivity contribution in [2.75, 3.05) is 0 Å². The number of benzene rings is 1. The van der Waals surface area contributed by atoms with E-state index in [4.69, 9.17) is 26.8 Å². The van der Waals surface area contributed by atoms with Gasteiger partial charge in [0.25, 0.3) is 0 Å². The van der Waals surface area contributed by atoms with Gasteiger partial charge in [-0.05, 0) is 12.1 Å². The van der Waals surface area contributed by atoms with Crippen LogP contribution in [0.4, 0.5) is 4.39 Å². The number of halogens is 2. The molecule has 0 spiro atoms. The molecule has 0 saturated carbocycles. The molecule has 1 aromatic carbocycles. The molecular weight excluding hydrogens is 201 g/mol. The summed E-state index contributed by atoms with van der Waals surface area (Å²) in [5.41, 5.74) is 0. The van der Waals surface area contributed by atoms with Gasteiger partial charge in [-0.3, -0.25) is 0 Å². The Hall–Kier alpha value is -0.975. The molecule has 0 aromatic heterocycles. The van der Waals surface area contributed by atoms with Gasteiger partial charge < -0.3 is 19.8 Å². The van der Waals surface area contributed by atoms with E-state index in [2.05, 4.69) is 4.65 Å². The molecule has 13 heavy (non-hydrogen) atoms. The Balaban J connectivity index is 3.10. The van der Waals surface area contributed by atoms with E-state index < -0.39 is 24.6 Å². The summed E-state index contributed by atoms with van der Waals surface area (Å²) < 4.78 is 17.0. The van der Waals surface area contributed by atoms with Crippen molar-refractivity contribution in [3.05, 3.63) is 23.0 Å². The first kappa shape index (κ1) is 10.1. The summed E-state index contributed by atoms with van der Waals surface area (Å²) in [6.45, 7) is 0. The lowest BCUT2D eigenvalue weighted by molar-refractivity contribution is 0.274. The second kappa shape index (κ2) is 3.82. The van der Waals surface area contributed by atoms with Crippen LogP contribution in [0.25, 0.3) is 0 Å². The van der Waals surface area contributed by atoms with Gasteiger partial charge in [-0.2, -0.15) is 0 Å². The van der Waals surface area contributed by atoms with E-state index in [-0.39, 0.29) is 5.02 Å². The normalized spacial score (nSPS) is 9.85. The molecule has 0 saturated heterocycles. The first-order chi connectivity index (χ1) is 6.02. The standard InChI is InChI=1S/C6H5BClFO4/c8-3-1-2-4(9)6(5(3)10)13-7(11)12/h1-2,10-12H. The third-order valence-electron chi connectivity index (χ3n) is 1.26. The van der Waals surface area contributed by atoms with E-state index >= 15 is 0 Å². The molecule has 0 unspecified atom stereocenters. The molecule has 1 aromatic rings. The van der Waals surface area contributed by atoms with Crippen molar-refractivity contribution in [2.45, 2.75) is 0 Å². The molecule has 0 atom stereocenters. The van der Waals surface area contributed by atoms with Crippen LogP contribution in [0.5, 0.6) is 11.5 Å². The average Bonchev–Trinajstić information content (AvgIpc) is 2.05. The van der Waals surface area contributed by atoms with E-state index in [1.54, 1.807) is 0 Å². The fourth-order valence-electron chi connectivity index (χ4n) is 0.740. The molecule has 70 valence electrons. The minimum atomic E-state index is -2.21. The summed E-state index contributed by atoms with van der Waals surface area (Å²) in [6, 6.07) is 2.04. The van der Waals surface area contributed by atoms with Gasteiger partial charge in [-0.25, -0.2) is 4.39 Å². The van der Waals surface area contributed by atoms with Gasteiger partial charge in [0, 0.05) is 0 Å². The third kappa shape index (κ3) is 2.24. The molecule has 0 aliphatic heterocycles. The van der Waals surface area contributed by atoms with E-state index in [1.165, 1.54) is 0 Å². The van der Waals surface area contributed by atoms with Crippen LogP contribution in [0.3, 0.4) is 0 Å². The maximum absolute atomic E-state index is 12.8. The third-order valence-corrected chi connectivity index (χ3v) is 1.56. The van der Waals surface area contributed by atoms with Crippen LogP contribution in [0, 0.1) is 5.82 Å². The Labute approximate surface area is 78.3 Å². The van der Waals surface area contributed by atoms with Crippen molar-refractivity contribution in [1.82, 2.24) is 0 Å². The molecule has 0 heterocycles. The topological polar surface area (TPSA) is 69.9 Å². The molecule has 4 nitrogen and oxygen atoms in total. The molecule has 3 N–H and O–H groups in total. The van der Waals surface area contributed by atoms with Gasteiger partial charge in [0.1, 0.15) is 0 Å². The molecule has 1 rings (SSSR count). The Morgan fingerprint density at radius 3 is 2.54 bits per heavy atom. The van der Waals surface area contributed by atoms with Gasteiger partial charge in [-0.15, -0.1) is 0 Å². The quantitative estimate of drug-likeness (QED) is 0.618. The molecule has 0 aliphatic carbocycles. The highest BCUT2D eigenvalue weighted by atomic mass is 35.5. The maximum atomic E-state index is 12.8. The zero-order chi connectivity index (χ0) is 10.0. The Morgan fingerprint density at radius 1 is 1.38 bits per heavy atom. The monoisotopic (exact) mass is 206 g/mol. The van der Waals surface area contributed by atoms with Gasteiger partial charge in [0.05, 0.1) is 5.02 Å². The summed E-state index contributed by atoms with van der Waals surface area (Å²) in [4.78, 5) is 0. The summed E-state index contributed by atoms with van der Waals surface area (Å²) in [5, 5.41) is 25.7. The van der Waals surface area contributed by atoms with Crippen molar-refractivity contribution >= 4 is 18.9 Å². The number of aromatic hydroxyl groups is 1. The highest BCUT2D eigenvalue weighted by molar-refractivity contribution is 6.34. The van der Waals surface area contributed by atoms with Crippen LogP contribution in [0.15, 0.2) is 12.1 Å². The number of rotatable bonds is 2. The Bertz CT molecular complexity index is 320. The highest BCUT2D eigenvalue weighted by Gasteiger charge is 2.19. The molecule has 0 aliphatic rings. The van der Waals surface area contributed by atoms with Crippen LogP contribution in [-0.4, -0.2) is 22.5 Å². The fraction of sp³-hybridized carbons (Fsp3) is 0. The van der Waals surface area contributed by atoms with Gasteiger partial charge in [0.15, 0.2) is 17.3 Å². The first-order valence-electron chi connectivity index (χ1n) is 3.22. The van der Waals surface area contributed by atoms with Gasteiger partial charge in [0.2, 0.25) is 0 Å². The van der Waals surface area contributed by atoms with E-state index in [9.17, 15) is 4.39 Å². The lowest BCUT2D eigenvalue weighted by Crippen LogP contribution is -2.21. The molecular formula is C6H5BClFO4. The summed E-state index contributed by atoms with van der Waals surface area (Å²) in [5.74, 6) is -2.30. The molecule has 0 fully saturated rings. The Kier molecular flexibility index (Phi) is 2.97. The lowest BCUT2D eigenvalue weighted by atomic mass is 10.2.